The lowest BCUT2D eigenvalue weighted by Crippen LogP contribution is -2.41. The number of nitrogens with zero attached hydrogens (tertiary/aromatic N) is 2. The molecule has 0 N–H and O–H groups in total. The Balaban J connectivity index is 2.08. The van der Waals surface area contributed by atoms with E-state index in [1.165, 1.54) is 0 Å². The molecule has 0 spiro atoms. The van der Waals surface area contributed by atoms with Gasteiger partial charge in [-0.25, -0.2) is 4.79 Å². The molecule has 0 aliphatic carbocycles. The maximum atomic E-state index is 12.1. The molecule has 4 nitrogen and oxygen atoms in total. The standard InChI is InChI=1S/C15H21BrN2O2/c1-15(2,3)20-14(19)18-6-4-11(5-7-18)12-8-13(16)10-17-9-12/h8-11H,4-7H2,1-3H3/i8D,9D,10D. The van der Waals surface area contributed by atoms with E-state index in [1.807, 2.05) is 20.8 Å². The number of hydrogen-bond donors (Lipinski definition) is 0. The lowest BCUT2D eigenvalue weighted by molar-refractivity contribution is 0.0205. The fourth-order valence-electron chi connectivity index (χ4n) is 2.18. The maximum absolute atomic E-state index is 12.1. The van der Waals surface area contributed by atoms with E-state index in [0.717, 1.165) is 0 Å². The van der Waals surface area contributed by atoms with E-state index in [1.54, 1.807) is 4.90 Å². The van der Waals surface area contributed by atoms with Crippen molar-refractivity contribution in [2.75, 3.05) is 13.1 Å². The molecule has 0 aromatic carbocycles. The van der Waals surface area contributed by atoms with Gasteiger partial charge >= 0.3 is 6.09 Å². The van der Waals surface area contributed by atoms with Gasteiger partial charge in [0.25, 0.3) is 0 Å². The third-order valence-corrected chi connectivity index (χ3v) is 3.51. The van der Waals surface area contributed by atoms with Crippen LogP contribution in [0, 0.1) is 0 Å². The summed E-state index contributed by atoms with van der Waals surface area (Å²) in [5.74, 6) is -0.00177. The molecule has 1 amide bonds. The van der Waals surface area contributed by atoms with Crippen molar-refractivity contribution >= 4 is 22.0 Å². The van der Waals surface area contributed by atoms with Gasteiger partial charge in [0, 0.05) is 29.9 Å². The van der Waals surface area contributed by atoms with Crippen molar-refractivity contribution < 1.29 is 13.6 Å². The predicted molar refractivity (Wildman–Crippen MR) is 81.7 cm³/mol. The van der Waals surface area contributed by atoms with Crippen molar-refractivity contribution in [3.63, 3.8) is 0 Å². The van der Waals surface area contributed by atoms with Crippen molar-refractivity contribution in [2.45, 2.75) is 45.1 Å². The van der Waals surface area contributed by atoms with Crippen LogP contribution >= 0.6 is 15.9 Å². The van der Waals surface area contributed by atoms with Crippen LogP contribution in [0.2, 0.25) is 0 Å². The maximum Gasteiger partial charge on any atom is 0.410 e. The first-order valence-electron chi connectivity index (χ1n) is 8.21. The molecule has 0 unspecified atom stereocenters. The summed E-state index contributed by atoms with van der Waals surface area (Å²) in [7, 11) is 0. The van der Waals surface area contributed by atoms with Crippen molar-refractivity contribution in [1.29, 1.82) is 0 Å². The number of rotatable bonds is 1. The number of ether oxygens (including phenoxy) is 1. The number of likely N-dealkylation sites (tertiary alicyclic amines) is 1. The molecule has 5 heteroatoms. The highest BCUT2D eigenvalue weighted by atomic mass is 79.9. The molecule has 1 aliphatic rings. The molecule has 1 aromatic rings. The second kappa shape index (κ2) is 6.12. The van der Waals surface area contributed by atoms with Gasteiger partial charge in [0.2, 0.25) is 0 Å². The van der Waals surface area contributed by atoms with E-state index in [2.05, 4.69) is 20.9 Å². The van der Waals surface area contributed by atoms with E-state index < -0.39 is 5.60 Å². The van der Waals surface area contributed by atoms with Gasteiger partial charge in [-0.1, -0.05) is 0 Å². The summed E-state index contributed by atoms with van der Waals surface area (Å²) in [5.41, 5.74) is 0.0340. The minimum Gasteiger partial charge on any atom is -0.444 e. The average Bonchev–Trinajstić information content (AvgIpc) is 2.44. The Kier molecular flexibility index (Phi) is 3.53. The van der Waals surface area contributed by atoms with Gasteiger partial charge in [0.15, 0.2) is 0 Å². The molecule has 1 fully saturated rings. The molecule has 2 heterocycles. The minimum absolute atomic E-state index is 0.00177. The highest BCUT2D eigenvalue weighted by Crippen LogP contribution is 2.29. The lowest BCUT2D eigenvalue weighted by Gasteiger charge is -2.33. The zero-order chi connectivity index (χ0) is 17.4. The molecule has 1 saturated heterocycles. The Labute approximate surface area is 132 Å². The largest absolute Gasteiger partial charge is 0.444 e. The minimum atomic E-state index is -0.518. The van der Waals surface area contributed by atoms with E-state index in [0.29, 0.717) is 36.0 Å². The van der Waals surface area contributed by atoms with E-state index in [-0.39, 0.29) is 30.4 Å². The van der Waals surface area contributed by atoms with Crippen LogP contribution in [0.25, 0.3) is 0 Å². The summed E-state index contributed by atoms with van der Waals surface area (Å²) < 4.78 is 29.4. The van der Waals surface area contributed by atoms with Gasteiger partial charge in [-0.05, 0) is 67.1 Å². The third-order valence-electron chi connectivity index (χ3n) is 3.13. The number of amides is 1. The summed E-state index contributed by atoms with van der Waals surface area (Å²) >= 11 is 3.19. The molecule has 0 radical (unpaired) electrons. The predicted octanol–water partition coefficient (Wildman–Crippen LogP) is 3.96. The Morgan fingerprint density at radius 1 is 1.45 bits per heavy atom. The van der Waals surface area contributed by atoms with Crippen LogP contribution in [0.5, 0.6) is 0 Å². The summed E-state index contributed by atoms with van der Waals surface area (Å²) in [6.45, 7) is 6.56. The fourth-order valence-corrected chi connectivity index (χ4v) is 2.48. The molecule has 0 atom stereocenters. The monoisotopic (exact) mass is 343 g/mol. The zero-order valence-corrected chi connectivity index (χ0v) is 13.6. The smallest absolute Gasteiger partial charge is 0.410 e. The topological polar surface area (TPSA) is 42.4 Å². The fraction of sp³-hybridized carbons (Fsp3) is 0.600. The molecule has 110 valence electrons. The first-order valence-corrected chi connectivity index (χ1v) is 7.50. The Hall–Kier alpha value is -1.10. The number of carbonyl (C=O) groups excluding carboxylic acids is 1. The van der Waals surface area contributed by atoms with Crippen molar-refractivity contribution in [3.8, 4) is 0 Å². The molecule has 1 aliphatic heterocycles. The molecule has 0 saturated carbocycles. The number of piperidine rings is 1. The van der Waals surface area contributed by atoms with Crippen LogP contribution < -0.4 is 0 Å². The highest BCUT2D eigenvalue weighted by molar-refractivity contribution is 9.10. The van der Waals surface area contributed by atoms with E-state index in [4.69, 9.17) is 8.85 Å². The first kappa shape index (κ1) is 11.5. The number of carbonyl (C=O) groups is 1. The van der Waals surface area contributed by atoms with Crippen LogP contribution in [-0.2, 0) is 4.74 Å². The van der Waals surface area contributed by atoms with Crippen LogP contribution in [0.4, 0.5) is 4.79 Å². The van der Waals surface area contributed by atoms with Gasteiger partial charge < -0.3 is 9.64 Å². The van der Waals surface area contributed by atoms with Gasteiger partial charge in [-0.2, -0.15) is 0 Å². The van der Waals surface area contributed by atoms with E-state index >= 15 is 0 Å². The quantitative estimate of drug-likeness (QED) is 0.774. The SMILES string of the molecule is [2H]c1nc([2H])c(C2CCN(C(=O)OC(C)(C)C)CC2)c([2H])c1Br. The Morgan fingerprint density at radius 3 is 2.70 bits per heavy atom. The number of hydrogen-bond acceptors (Lipinski definition) is 3. The summed E-state index contributed by atoms with van der Waals surface area (Å²) in [4.78, 5) is 17.6. The Morgan fingerprint density at radius 2 is 2.10 bits per heavy atom. The number of halogens is 1. The summed E-state index contributed by atoms with van der Waals surface area (Å²) in [6.07, 6.45) is 0.883. The third kappa shape index (κ3) is 4.20. The van der Waals surface area contributed by atoms with Crippen molar-refractivity contribution in [2.24, 2.45) is 0 Å². The van der Waals surface area contributed by atoms with Gasteiger partial charge in [-0.15, -0.1) is 0 Å². The molecule has 20 heavy (non-hydrogen) atoms. The molecular formula is C15H21BrN2O2. The summed E-state index contributed by atoms with van der Waals surface area (Å²) in [5, 5.41) is 0. The molecule has 1 aromatic heterocycles. The van der Waals surface area contributed by atoms with Crippen LogP contribution in [-0.4, -0.2) is 34.7 Å². The molecule has 2 rings (SSSR count). The average molecular weight is 344 g/mol. The van der Waals surface area contributed by atoms with Gasteiger partial charge in [-0.3, -0.25) is 4.98 Å². The van der Waals surface area contributed by atoms with Gasteiger partial charge in [0.05, 0.1) is 4.11 Å². The Bertz CT molecular complexity index is 612. The second-order valence-electron chi connectivity index (χ2n) is 5.93. The van der Waals surface area contributed by atoms with Crippen LogP contribution in [0.1, 0.15) is 49.2 Å². The second-order valence-corrected chi connectivity index (χ2v) is 6.72. The summed E-state index contributed by atoms with van der Waals surface area (Å²) in [6, 6.07) is 0.158. The van der Waals surface area contributed by atoms with Crippen molar-refractivity contribution in [3.05, 3.63) is 28.4 Å². The normalized spacial score (nSPS) is 19.2. The van der Waals surface area contributed by atoms with Crippen molar-refractivity contribution in [1.82, 2.24) is 9.88 Å². The van der Waals surface area contributed by atoms with Crippen LogP contribution in [0.3, 0.4) is 0 Å². The van der Waals surface area contributed by atoms with E-state index in [9.17, 15) is 4.79 Å². The molecule has 0 bridgehead atoms. The highest BCUT2D eigenvalue weighted by Gasteiger charge is 2.27. The number of pyridine rings is 1. The van der Waals surface area contributed by atoms with Gasteiger partial charge in [0.1, 0.15) is 5.60 Å². The lowest BCUT2D eigenvalue weighted by atomic mass is 9.91. The molecular weight excluding hydrogens is 320 g/mol. The zero-order valence-electron chi connectivity index (χ0n) is 15.0. The number of aromatic nitrogens is 1. The first-order chi connectivity index (χ1) is 10.6. The van der Waals surface area contributed by atoms with Crippen LogP contribution in [0.15, 0.2) is 22.9 Å².